The summed E-state index contributed by atoms with van der Waals surface area (Å²) in [6.07, 6.45) is 3.30. The molecule has 0 atom stereocenters. The van der Waals surface area contributed by atoms with Gasteiger partial charge in [-0.1, -0.05) is 19.1 Å². The van der Waals surface area contributed by atoms with Crippen molar-refractivity contribution in [2.45, 2.75) is 27.3 Å². The molecular formula is C17H23ClN10O2. The van der Waals surface area contributed by atoms with Gasteiger partial charge in [0.05, 0.1) is 5.71 Å². The van der Waals surface area contributed by atoms with Crippen molar-refractivity contribution >= 4 is 29.8 Å². The Bertz CT molecular complexity index is 997. The Kier molecular flexibility index (Phi) is 7.95. The molecule has 0 aliphatic carbocycles. The lowest BCUT2D eigenvalue weighted by molar-refractivity contribution is 0.0944. The average molecular weight is 435 g/mol. The molecule has 0 radical (unpaired) electrons. The zero-order valence-electron chi connectivity index (χ0n) is 16.8. The van der Waals surface area contributed by atoms with Gasteiger partial charge in [-0.25, -0.2) is 10.1 Å². The van der Waals surface area contributed by atoms with Gasteiger partial charge < -0.3 is 5.73 Å². The number of carbonyl (C=O) groups is 1. The fraction of sp³-hybridized carbons (Fsp3) is 0.353. The number of carbonyl (C=O) groups excluding carboxylic acids is 1. The molecule has 1 amide bonds. The minimum Gasteiger partial charge on any atom is -0.378 e. The number of hydrogen-bond acceptors (Lipinski definition) is 10. The minimum absolute atomic E-state index is 0. The van der Waals surface area contributed by atoms with Gasteiger partial charge in [0.15, 0.2) is 5.69 Å². The molecule has 0 saturated carbocycles. The number of amides is 1. The third-order valence-corrected chi connectivity index (χ3v) is 4.34. The van der Waals surface area contributed by atoms with E-state index >= 15 is 0 Å². The summed E-state index contributed by atoms with van der Waals surface area (Å²) in [6, 6.07) is 3.59. The number of nitrogens with zero attached hydrogens (tertiary/aromatic N) is 8. The van der Waals surface area contributed by atoms with Crippen molar-refractivity contribution in [1.82, 2.24) is 40.6 Å². The van der Waals surface area contributed by atoms with Crippen LogP contribution in [-0.4, -0.2) is 59.9 Å². The van der Waals surface area contributed by atoms with Crippen LogP contribution >= 0.6 is 12.4 Å². The Morgan fingerprint density at radius 2 is 1.97 bits per heavy atom. The number of rotatable bonds is 8. The Balaban J connectivity index is 0.00000320. The highest BCUT2D eigenvalue weighted by molar-refractivity contribution is 6.00. The van der Waals surface area contributed by atoms with E-state index in [1.807, 2.05) is 13.8 Å². The number of aromatic nitrogens is 6. The zero-order chi connectivity index (χ0) is 20.8. The molecule has 0 bridgehead atoms. The molecule has 13 heteroatoms. The van der Waals surface area contributed by atoms with Crippen LogP contribution in [-0.2, 0) is 6.54 Å². The molecular weight excluding hydrogens is 412 g/mol. The summed E-state index contributed by atoms with van der Waals surface area (Å²) in [5, 5.41) is 19.6. The van der Waals surface area contributed by atoms with Crippen molar-refractivity contribution in [3.8, 4) is 5.82 Å². The predicted octanol–water partition coefficient (Wildman–Crippen LogP) is 1.05. The third kappa shape index (κ3) is 4.96. The molecule has 3 aromatic heterocycles. The topological polar surface area (TPSA) is 153 Å². The lowest BCUT2D eigenvalue weighted by atomic mass is 10.2. The maximum atomic E-state index is 13.0. The van der Waals surface area contributed by atoms with Crippen LogP contribution < -0.4 is 11.2 Å². The quantitative estimate of drug-likeness (QED) is 0.391. The standard InChI is InChI=1S/C17H22N10O2.ClH/c1-4-26(5-2)10-13-14(27(25-21-13)16-15(18)23-29-24-16)17(28)22-20-11(3)12-6-8-19-9-7-12;/h6-9H,4-5,10H2,1-3H3,(H2,18,23)(H,22,28);1H/b20-11+;. The number of nitrogen functional groups attached to an aromatic ring is 1. The molecule has 3 heterocycles. The summed E-state index contributed by atoms with van der Waals surface area (Å²) in [7, 11) is 0. The summed E-state index contributed by atoms with van der Waals surface area (Å²) in [4.78, 5) is 19.0. The molecule has 0 aliphatic heterocycles. The van der Waals surface area contributed by atoms with Crippen molar-refractivity contribution in [2.75, 3.05) is 18.8 Å². The first-order valence-corrected chi connectivity index (χ1v) is 9.05. The first-order chi connectivity index (χ1) is 14.0. The fourth-order valence-electron chi connectivity index (χ4n) is 2.64. The monoisotopic (exact) mass is 434 g/mol. The second kappa shape index (κ2) is 10.4. The largest absolute Gasteiger partial charge is 0.378 e. The molecule has 0 fully saturated rings. The SMILES string of the molecule is CCN(CC)Cc1nnn(-c2nonc2N)c1C(=O)N/N=C(\C)c1ccncc1.Cl. The number of hydrogen-bond donors (Lipinski definition) is 2. The lowest BCUT2D eigenvalue weighted by Crippen LogP contribution is -2.27. The molecule has 0 aliphatic rings. The van der Waals surface area contributed by atoms with Gasteiger partial charge in [-0.15, -0.1) is 17.5 Å². The summed E-state index contributed by atoms with van der Waals surface area (Å²) in [6.45, 7) is 7.83. The van der Waals surface area contributed by atoms with Crippen LogP contribution in [0.1, 0.15) is 42.5 Å². The molecule has 0 aromatic carbocycles. The van der Waals surface area contributed by atoms with Crippen molar-refractivity contribution in [2.24, 2.45) is 5.10 Å². The van der Waals surface area contributed by atoms with E-state index in [1.54, 1.807) is 31.5 Å². The Morgan fingerprint density at radius 3 is 2.57 bits per heavy atom. The van der Waals surface area contributed by atoms with Gasteiger partial charge in [-0.3, -0.25) is 14.7 Å². The van der Waals surface area contributed by atoms with Gasteiger partial charge in [0.2, 0.25) is 11.6 Å². The normalized spacial score (nSPS) is 11.4. The number of hydrazone groups is 1. The molecule has 3 N–H and O–H groups in total. The molecule has 160 valence electrons. The highest BCUT2D eigenvalue weighted by Crippen LogP contribution is 2.17. The smallest absolute Gasteiger partial charge is 0.292 e. The van der Waals surface area contributed by atoms with Crippen LogP contribution in [0.15, 0.2) is 34.3 Å². The number of halogens is 1. The number of nitrogens with two attached hydrogens (primary N) is 1. The van der Waals surface area contributed by atoms with Gasteiger partial charge in [0, 0.05) is 24.5 Å². The highest BCUT2D eigenvalue weighted by atomic mass is 35.5. The van der Waals surface area contributed by atoms with E-state index in [4.69, 9.17) is 5.73 Å². The molecule has 3 rings (SSSR count). The summed E-state index contributed by atoms with van der Waals surface area (Å²) < 4.78 is 5.84. The molecule has 3 aromatic rings. The van der Waals surface area contributed by atoms with Gasteiger partial charge in [-0.05, 0) is 42.5 Å². The predicted molar refractivity (Wildman–Crippen MR) is 111 cm³/mol. The summed E-state index contributed by atoms with van der Waals surface area (Å²) in [5.74, 6) is -0.425. The van der Waals surface area contributed by atoms with E-state index < -0.39 is 5.91 Å². The number of nitrogens with one attached hydrogen (secondary N) is 1. The Morgan fingerprint density at radius 1 is 1.27 bits per heavy atom. The Hall–Kier alpha value is -3.38. The minimum atomic E-state index is -0.507. The first kappa shape index (κ1) is 22.9. The van der Waals surface area contributed by atoms with Crippen molar-refractivity contribution in [1.29, 1.82) is 0 Å². The maximum absolute atomic E-state index is 13.0. The van der Waals surface area contributed by atoms with Crippen LogP contribution in [0.5, 0.6) is 0 Å². The van der Waals surface area contributed by atoms with E-state index in [9.17, 15) is 4.79 Å². The van der Waals surface area contributed by atoms with Crippen molar-refractivity contribution < 1.29 is 9.42 Å². The second-order valence-corrected chi connectivity index (χ2v) is 6.11. The van der Waals surface area contributed by atoms with Gasteiger partial charge in [0.1, 0.15) is 5.69 Å². The second-order valence-electron chi connectivity index (χ2n) is 6.11. The number of anilines is 1. The van der Waals surface area contributed by atoms with Crippen LogP contribution in [0.3, 0.4) is 0 Å². The highest BCUT2D eigenvalue weighted by Gasteiger charge is 2.25. The first-order valence-electron chi connectivity index (χ1n) is 9.05. The van der Waals surface area contributed by atoms with Gasteiger partial charge in [-0.2, -0.15) is 9.78 Å². The molecule has 12 nitrogen and oxygen atoms in total. The zero-order valence-corrected chi connectivity index (χ0v) is 17.6. The summed E-state index contributed by atoms with van der Waals surface area (Å²) in [5.41, 5.74) is 10.4. The van der Waals surface area contributed by atoms with Crippen molar-refractivity contribution in [3.05, 3.63) is 41.5 Å². The molecule has 30 heavy (non-hydrogen) atoms. The average Bonchev–Trinajstić information content (AvgIpc) is 3.36. The van der Waals surface area contributed by atoms with Gasteiger partial charge >= 0.3 is 0 Å². The summed E-state index contributed by atoms with van der Waals surface area (Å²) >= 11 is 0. The van der Waals surface area contributed by atoms with Crippen LogP contribution in [0, 0.1) is 0 Å². The lowest BCUT2D eigenvalue weighted by Gasteiger charge is -2.16. The van der Waals surface area contributed by atoms with E-state index in [-0.39, 0.29) is 29.7 Å². The van der Waals surface area contributed by atoms with E-state index in [0.717, 1.165) is 18.7 Å². The Labute approximate surface area is 178 Å². The molecule has 0 saturated heterocycles. The molecule has 0 spiro atoms. The fourth-order valence-corrected chi connectivity index (χ4v) is 2.64. The maximum Gasteiger partial charge on any atom is 0.292 e. The van der Waals surface area contributed by atoms with Crippen molar-refractivity contribution in [3.63, 3.8) is 0 Å². The molecule has 0 unspecified atom stereocenters. The van der Waals surface area contributed by atoms with Crippen LogP contribution in [0.25, 0.3) is 5.82 Å². The third-order valence-electron chi connectivity index (χ3n) is 4.34. The van der Waals surface area contributed by atoms with E-state index in [1.165, 1.54) is 4.68 Å². The van der Waals surface area contributed by atoms with E-state index in [2.05, 4.69) is 45.7 Å². The van der Waals surface area contributed by atoms with Crippen LogP contribution in [0.2, 0.25) is 0 Å². The number of pyridine rings is 1. The van der Waals surface area contributed by atoms with Gasteiger partial charge in [0.25, 0.3) is 5.91 Å². The van der Waals surface area contributed by atoms with E-state index in [0.29, 0.717) is 18.0 Å². The van der Waals surface area contributed by atoms with Crippen LogP contribution in [0.4, 0.5) is 5.82 Å².